The van der Waals surface area contributed by atoms with E-state index in [-0.39, 0.29) is 17.1 Å². The molecule has 0 fully saturated rings. The number of hydrogen-bond acceptors (Lipinski definition) is 8. The number of fused-ring (bicyclic) bond motifs is 2. The SMILES string of the molecule is COC(=O)[C@H](C)Oc1c(OC)cc(C=Nn2c(-c3cc4cc(Cl)ccc4o3)nc3ccccc3c2=O)c(Br)c1Br. The fourth-order valence-electron chi connectivity index (χ4n) is 3.99. The van der Waals surface area contributed by atoms with Crippen molar-refractivity contribution in [2.24, 2.45) is 5.10 Å². The number of para-hydroxylation sites is 1. The minimum atomic E-state index is -0.884. The van der Waals surface area contributed by atoms with Gasteiger partial charge in [0.15, 0.2) is 23.4 Å². The number of carbonyl (C=O) groups excluding carboxylic acids is 1. The zero-order valence-electron chi connectivity index (χ0n) is 21.3. The zero-order chi connectivity index (χ0) is 28.6. The number of nitrogens with zero attached hydrogens (tertiary/aromatic N) is 3. The van der Waals surface area contributed by atoms with Gasteiger partial charge in [0, 0.05) is 20.4 Å². The van der Waals surface area contributed by atoms with Crippen molar-refractivity contribution in [1.82, 2.24) is 9.66 Å². The Morgan fingerprint density at radius 2 is 1.90 bits per heavy atom. The molecule has 0 radical (unpaired) electrons. The Bertz CT molecular complexity index is 1870. The Kier molecular flexibility index (Phi) is 7.97. The molecule has 0 N–H and O–H groups in total. The molecule has 3 aromatic carbocycles. The summed E-state index contributed by atoms with van der Waals surface area (Å²) in [5, 5.41) is 6.21. The Labute approximate surface area is 249 Å². The quantitative estimate of drug-likeness (QED) is 0.136. The van der Waals surface area contributed by atoms with E-state index in [2.05, 4.69) is 37.0 Å². The molecule has 12 heteroatoms. The van der Waals surface area contributed by atoms with Gasteiger partial charge in [-0.15, -0.1) is 0 Å². The molecule has 0 aliphatic rings. The lowest BCUT2D eigenvalue weighted by Gasteiger charge is -2.18. The average Bonchev–Trinajstić information content (AvgIpc) is 3.38. The van der Waals surface area contributed by atoms with Crippen LogP contribution in [0.25, 0.3) is 33.5 Å². The Morgan fingerprint density at radius 1 is 1.12 bits per heavy atom. The van der Waals surface area contributed by atoms with Crippen LogP contribution in [0.4, 0.5) is 0 Å². The number of benzene rings is 3. The van der Waals surface area contributed by atoms with E-state index in [1.54, 1.807) is 61.5 Å². The van der Waals surface area contributed by atoms with Crippen molar-refractivity contribution in [2.75, 3.05) is 14.2 Å². The first kappa shape index (κ1) is 27.9. The number of esters is 1. The van der Waals surface area contributed by atoms with Crippen molar-refractivity contribution in [1.29, 1.82) is 0 Å². The highest BCUT2D eigenvalue weighted by Crippen LogP contribution is 2.43. The van der Waals surface area contributed by atoms with E-state index in [1.165, 1.54) is 25.1 Å². The van der Waals surface area contributed by atoms with Crippen LogP contribution in [0.2, 0.25) is 5.02 Å². The first-order chi connectivity index (χ1) is 19.2. The van der Waals surface area contributed by atoms with Gasteiger partial charge in [0.25, 0.3) is 5.56 Å². The van der Waals surface area contributed by atoms with Crippen LogP contribution in [0.1, 0.15) is 12.5 Å². The van der Waals surface area contributed by atoms with E-state index in [0.29, 0.717) is 47.5 Å². The highest BCUT2D eigenvalue weighted by Gasteiger charge is 2.23. The number of hydrogen-bond donors (Lipinski definition) is 0. The second-order valence-corrected chi connectivity index (χ2v) is 10.5. The lowest BCUT2D eigenvalue weighted by molar-refractivity contribution is -0.147. The number of furan rings is 1. The number of carbonyl (C=O) groups is 1. The summed E-state index contributed by atoms with van der Waals surface area (Å²) >= 11 is 13.2. The summed E-state index contributed by atoms with van der Waals surface area (Å²) in [7, 11) is 2.75. The first-order valence-electron chi connectivity index (χ1n) is 11.8. The fraction of sp³-hybridized carbons (Fsp3) is 0.143. The molecule has 2 aromatic heterocycles. The van der Waals surface area contributed by atoms with Gasteiger partial charge in [0.2, 0.25) is 5.82 Å². The number of methoxy groups -OCH3 is 2. The molecular weight excluding hydrogens is 670 g/mol. The van der Waals surface area contributed by atoms with Crippen LogP contribution in [0.5, 0.6) is 11.5 Å². The van der Waals surface area contributed by atoms with Gasteiger partial charge >= 0.3 is 5.97 Å². The van der Waals surface area contributed by atoms with Crippen molar-refractivity contribution in [2.45, 2.75) is 13.0 Å². The lowest BCUT2D eigenvalue weighted by Crippen LogP contribution is -2.25. The highest BCUT2D eigenvalue weighted by atomic mass is 79.9. The van der Waals surface area contributed by atoms with Crippen molar-refractivity contribution in [3.8, 4) is 23.1 Å². The molecule has 40 heavy (non-hydrogen) atoms. The summed E-state index contributed by atoms with van der Waals surface area (Å²) in [5.41, 5.74) is 1.25. The maximum atomic E-state index is 13.6. The molecular formula is C28H20Br2ClN3O6. The van der Waals surface area contributed by atoms with Crippen LogP contribution < -0.4 is 15.0 Å². The standard InChI is InChI=1S/C28H20Br2ClN3O6/c1-14(28(36)38-3)39-25-21(37-2)12-16(23(29)24(25)30)13-32-34-26(33-19-7-5-4-6-18(19)27(34)35)22-11-15-10-17(31)8-9-20(15)40-22/h4-14H,1-3H3/t14-/m0/s1. The number of halogens is 3. The molecule has 0 saturated carbocycles. The van der Waals surface area contributed by atoms with Gasteiger partial charge in [0.1, 0.15) is 5.58 Å². The molecule has 5 rings (SSSR count). The van der Waals surface area contributed by atoms with Crippen molar-refractivity contribution in [3.05, 3.63) is 84.5 Å². The third-order valence-electron chi connectivity index (χ3n) is 5.97. The molecule has 0 aliphatic heterocycles. The van der Waals surface area contributed by atoms with Gasteiger partial charge < -0.3 is 18.6 Å². The summed E-state index contributed by atoms with van der Waals surface area (Å²) < 4.78 is 24.3. The van der Waals surface area contributed by atoms with Gasteiger partial charge in [-0.2, -0.15) is 9.78 Å². The Balaban J connectivity index is 1.64. The Morgan fingerprint density at radius 3 is 2.65 bits per heavy atom. The largest absolute Gasteiger partial charge is 0.493 e. The van der Waals surface area contributed by atoms with Crippen molar-refractivity contribution < 1.29 is 23.4 Å². The third-order valence-corrected chi connectivity index (χ3v) is 8.35. The van der Waals surface area contributed by atoms with Crippen LogP contribution >= 0.6 is 43.5 Å². The van der Waals surface area contributed by atoms with Crippen LogP contribution in [-0.4, -0.2) is 42.2 Å². The van der Waals surface area contributed by atoms with Gasteiger partial charge in [0.05, 0.1) is 35.8 Å². The molecule has 0 bridgehead atoms. The van der Waals surface area contributed by atoms with E-state index in [9.17, 15) is 9.59 Å². The summed E-state index contributed by atoms with van der Waals surface area (Å²) in [4.78, 5) is 30.2. The molecule has 0 amide bonds. The summed E-state index contributed by atoms with van der Waals surface area (Å²) in [6.45, 7) is 1.56. The predicted octanol–water partition coefficient (Wildman–Crippen LogP) is 6.82. The molecule has 204 valence electrons. The molecule has 0 spiro atoms. The normalized spacial score (nSPS) is 12.2. The molecule has 5 aromatic rings. The molecule has 0 aliphatic carbocycles. The van der Waals surface area contributed by atoms with Gasteiger partial charge in [-0.1, -0.05) is 23.7 Å². The summed E-state index contributed by atoms with van der Waals surface area (Å²) in [5.74, 6) is 0.623. The van der Waals surface area contributed by atoms with Crippen LogP contribution in [0.15, 0.2) is 77.9 Å². The smallest absolute Gasteiger partial charge is 0.346 e. The number of rotatable bonds is 7. The van der Waals surface area contributed by atoms with Gasteiger partial charge in [-0.25, -0.2) is 9.78 Å². The second kappa shape index (κ2) is 11.4. The Hall–Kier alpha value is -3.67. The minimum Gasteiger partial charge on any atom is -0.493 e. The van der Waals surface area contributed by atoms with Gasteiger partial charge in [-0.05, 0) is 81.2 Å². The number of ether oxygens (including phenoxy) is 3. The van der Waals surface area contributed by atoms with Crippen LogP contribution in [0, 0.1) is 0 Å². The van der Waals surface area contributed by atoms with Crippen LogP contribution in [-0.2, 0) is 9.53 Å². The highest BCUT2D eigenvalue weighted by molar-refractivity contribution is 9.13. The molecule has 2 heterocycles. The maximum absolute atomic E-state index is 13.6. The molecule has 1 atom stereocenters. The van der Waals surface area contributed by atoms with E-state index >= 15 is 0 Å². The van der Waals surface area contributed by atoms with E-state index in [0.717, 1.165) is 5.39 Å². The topological polar surface area (TPSA) is 105 Å². The van der Waals surface area contributed by atoms with E-state index < -0.39 is 12.1 Å². The van der Waals surface area contributed by atoms with Gasteiger partial charge in [-0.3, -0.25) is 4.79 Å². The average molecular weight is 690 g/mol. The van der Waals surface area contributed by atoms with Crippen molar-refractivity contribution in [3.63, 3.8) is 0 Å². The summed E-state index contributed by atoms with van der Waals surface area (Å²) in [6, 6.07) is 15.6. The second-order valence-electron chi connectivity index (χ2n) is 8.52. The molecule has 0 unspecified atom stereocenters. The minimum absolute atomic E-state index is 0.210. The predicted molar refractivity (Wildman–Crippen MR) is 160 cm³/mol. The monoisotopic (exact) mass is 687 g/mol. The van der Waals surface area contributed by atoms with Crippen molar-refractivity contribution >= 4 is 77.5 Å². The molecule has 9 nitrogen and oxygen atoms in total. The van der Waals surface area contributed by atoms with E-state index in [4.69, 9.17) is 35.2 Å². The molecule has 0 saturated heterocycles. The third kappa shape index (κ3) is 5.24. The van der Waals surface area contributed by atoms with E-state index in [1.807, 2.05) is 0 Å². The summed E-state index contributed by atoms with van der Waals surface area (Å²) in [6.07, 6.45) is 0.594. The maximum Gasteiger partial charge on any atom is 0.346 e. The number of aromatic nitrogens is 2. The lowest BCUT2D eigenvalue weighted by atomic mass is 10.2. The first-order valence-corrected chi connectivity index (χ1v) is 13.7. The fourth-order valence-corrected chi connectivity index (χ4v) is 5.08. The zero-order valence-corrected chi connectivity index (χ0v) is 25.2. The van der Waals surface area contributed by atoms with Crippen LogP contribution in [0.3, 0.4) is 0 Å².